The van der Waals surface area contributed by atoms with Crippen molar-refractivity contribution in [2.75, 3.05) is 0 Å². The Morgan fingerprint density at radius 1 is 1.36 bits per heavy atom. The molecule has 0 aliphatic heterocycles. The predicted octanol–water partition coefficient (Wildman–Crippen LogP) is 2.96. The molecule has 0 fully saturated rings. The van der Waals surface area contributed by atoms with Gasteiger partial charge < -0.3 is 4.74 Å². The van der Waals surface area contributed by atoms with Crippen LogP contribution in [-0.4, -0.2) is 6.36 Å². The summed E-state index contributed by atoms with van der Waals surface area (Å²) in [5.41, 5.74) is 0. The SMILES string of the molecule is Cc1ccc(OC(F)(F)F)s1. The molecule has 0 aliphatic rings. The fraction of sp³-hybridized carbons (Fsp3) is 0.333. The molecule has 11 heavy (non-hydrogen) atoms. The van der Waals surface area contributed by atoms with Crippen molar-refractivity contribution in [3.8, 4) is 5.06 Å². The lowest BCUT2D eigenvalue weighted by Gasteiger charge is -2.04. The molecule has 0 saturated carbocycles. The second-order valence-electron chi connectivity index (χ2n) is 1.91. The quantitative estimate of drug-likeness (QED) is 0.648. The van der Waals surface area contributed by atoms with Gasteiger partial charge in [-0.25, -0.2) is 0 Å². The van der Waals surface area contributed by atoms with Crippen molar-refractivity contribution in [2.45, 2.75) is 13.3 Å². The fourth-order valence-electron chi connectivity index (χ4n) is 0.581. The summed E-state index contributed by atoms with van der Waals surface area (Å²) < 4.78 is 38.2. The van der Waals surface area contributed by atoms with E-state index in [9.17, 15) is 13.2 Å². The largest absolute Gasteiger partial charge is 0.573 e. The van der Waals surface area contributed by atoms with Gasteiger partial charge in [0.1, 0.15) is 0 Å². The molecule has 0 radical (unpaired) electrons. The van der Waals surface area contributed by atoms with E-state index in [4.69, 9.17) is 0 Å². The normalized spacial score (nSPS) is 11.6. The summed E-state index contributed by atoms with van der Waals surface area (Å²) in [5.74, 6) is 0. The van der Waals surface area contributed by atoms with Gasteiger partial charge in [-0.1, -0.05) is 0 Å². The lowest BCUT2D eigenvalue weighted by molar-refractivity contribution is -0.273. The third-order valence-electron chi connectivity index (χ3n) is 0.932. The lowest BCUT2D eigenvalue weighted by atomic mass is 10.5. The van der Waals surface area contributed by atoms with Crippen LogP contribution in [0.2, 0.25) is 0 Å². The zero-order valence-electron chi connectivity index (χ0n) is 5.61. The van der Waals surface area contributed by atoms with E-state index in [1.807, 2.05) is 0 Å². The Labute approximate surface area is 65.4 Å². The van der Waals surface area contributed by atoms with Gasteiger partial charge in [0.25, 0.3) is 0 Å². The molecule has 0 unspecified atom stereocenters. The van der Waals surface area contributed by atoms with Gasteiger partial charge in [0.15, 0.2) is 5.06 Å². The Kier molecular flexibility index (Phi) is 2.08. The number of hydrogen-bond donors (Lipinski definition) is 0. The van der Waals surface area contributed by atoms with Crippen LogP contribution in [0.1, 0.15) is 4.88 Å². The molecule has 0 N–H and O–H groups in total. The van der Waals surface area contributed by atoms with Gasteiger partial charge in [0.05, 0.1) is 0 Å². The first-order chi connectivity index (χ1) is 4.97. The molecule has 1 nitrogen and oxygen atoms in total. The molecule has 1 rings (SSSR count). The average Bonchev–Trinajstić information content (AvgIpc) is 2.10. The number of halogens is 3. The topological polar surface area (TPSA) is 9.23 Å². The first kappa shape index (κ1) is 8.39. The highest BCUT2D eigenvalue weighted by Gasteiger charge is 2.31. The first-order valence-electron chi connectivity index (χ1n) is 2.79. The molecule has 0 aliphatic carbocycles. The number of rotatable bonds is 1. The fourth-order valence-corrected chi connectivity index (χ4v) is 1.31. The van der Waals surface area contributed by atoms with Crippen molar-refractivity contribution in [1.29, 1.82) is 0 Å². The third kappa shape index (κ3) is 2.80. The molecule has 0 aromatic carbocycles. The molecule has 0 bridgehead atoms. The Balaban J connectivity index is 2.65. The van der Waals surface area contributed by atoms with Crippen molar-refractivity contribution in [1.82, 2.24) is 0 Å². The Morgan fingerprint density at radius 3 is 2.36 bits per heavy atom. The molecule has 1 heterocycles. The van der Waals surface area contributed by atoms with Crippen LogP contribution in [0, 0.1) is 6.92 Å². The Bertz CT molecular complexity index is 240. The number of ether oxygens (including phenoxy) is 1. The van der Waals surface area contributed by atoms with E-state index in [1.54, 1.807) is 13.0 Å². The van der Waals surface area contributed by atoms with E-state index in [0.717, 1.165) is 16.2 Å². The van der Waals surface area contributed by atoms with Gasteiger partial charge in [-0.3, -0.25) is 0 Å². The molecule has 0 spiro atoms. The van der Waals surface area contributed by atoms with Crippen LogP contribution in [0.15, 0.2) is 12.1 Å². The van der Waals surface area contributed by atoms with Crippen LogP contribution in [0.4, 0.5) is 13.2 Å². The van der Waals surface area contributed by atoms with Crippen molar-refractivity contribution in [2.24, 2.45) is 0 Å². The molecule has 5 heteroatoms. The molecule has 0 saturated heterocycles. The third-order valence-corrected chi connectivity index (χ3v) is 1.81. The zero-order valence-corrected chi connectivity index (χ0v) is 6.42. The summed E-state index contributed by atoms with van der Waals surface area (Å²) in [6, 6.07) is 2.87. The van der Waals surface area contributed by atoms with Gasteiger partial charge in [0, 0.05) is 4.88 Å². The number of thiophene rings is 1. The van der Waals surface area contributed by atoms with E-state index in [1.165, 1.54) is 6.07 Å². The second-order valence-corrected chi connectivity index (χ2v) is 3.16. The van der Waals surface area contributed by atoms with Crippen LogP contribution in [0.5, 0.6) is 5.06 Å². The van der Waals surface area contributed by atoms with E-state index < -0.39 is 6.36 Å². The Morgan fingerprint density at radius 2 is 2.00 bits per heavy atom. The van der Waals surface area contributed by atoms with E-state index in [0.29, 0.717) is 0 Å². The number of aryl methyl sites for hydroxylation is 1. The minimum absolute atomic E-state index is 0.116. The predicted molar refractivity (Wildman–Crippen MR) is 35.7 cm³/mol. The van der Waals surface area contributed by atoms with E-state index in [2.05, 4.69) is 4.74 Å². The highest BCUT2D eigenvalue weighted by atomic mass is 32.1. The smallest absolute Gasteiger partial charge is 0.396 e. The van der Waals surface area contributed by atoms with Crippen LogP contribution in [0.25, 0.3) is 0 Å². The highest BCUT2D eigenvalue weighted by molar-refractivity contribution is 7.13. The summed E-state index contributed by atoms with van der Waals surface area (Å²) in [4.78, 5) is 0.796. The summed E-state index contributed by atoms with van der Waals surface area (Å²) in [6.07, 6.45) is -4.57. The lowest BCUT2D eigenvalue weighted by Crippen LogP contribution is -2.16. The first-order valence-corrected chi connectivity index (χ1v) is 3.61. The van der Waals surface area contributed by atoms with Crippen LogP contribution >= 0.6 is 11.3 Å². The van der Waals surface area contributed by atoms with Gasteiger partial charge in [-0.15, -0.1) is 24.5 Å². The molecule has 0 amide bonds. The van der Waals surface area contributed by atoms with E-state index >= 15 is 0 Å². The molecule has 1 aromatic rings. The monoisotopic (exact) mass is 182 g/mol. The highest BCUT2D eigenvalue weighted by Crippen LogP contribution is 2.29. The molecule has 1 aromatic heterocycles. The molecule has 62 valence electrons. The average molecular weight is 182 g/mol. The van der Waals surface area contributed by atoms with Crippen LogP contribution < -0.4 is 4.74 Å². The summed E-state index contributed by atoms with van der Waals surface area (Å²) in [5, 5.41) is -0.116. The van der Waals surface area contributed by atoms with Crippen molar-refractivity contribution < 1.29 is 17.9 Å². The Hall–Kier alpha value is -0.710. The van der Waals surface area contributed by atoms with Crippen molar-refractivity contribution in [3.63, 3.8) is 0 Å². The van der Waals surface area contributed by atoms with Crippen LogP contribution in [0.3, 0.4) is 0 Å². The summed E-state index contributed by atoms with van der Waals surface area (Å²) in [7, 11) is 0. The van der Waals surface area contributed by atoms with Gasteiger partial charge in [0.2, 0.25) is 0 Å². The van der Waals surface area contributed by atoms with Gasteiger partial charge >= 0.3 is 6.36 Å². The minimum Gasteiger partial charge on any atom is -0.396 e. The van der Waals surface area contributed by atoms with Crippen molar-refractivity contribution in [3.05, 3.63) is 17.0 Å². The summed E-state index contributed by atoms with van der Waals surface area (Å²) in [6.45, 7) is 1.72. The maximum Gasteiger partial charge on any atom is 0.573 e. The minimum atomic E-state index is -4.57. The standard InChI is InChI=1S/C6H5F3OS/c1-4-2-3-5(11-4)10-6(7,8)9/h2-3H,1H3. The van der Waals surface area contributed by atoms with Crippen molar-refractivity contribution >= 4 is 11.3 Å². The zero-order chi connectivity index (χ0) is 8.48. The summed E-state index contributed by atoms with van der Waals surface area (Å²) >= 11 is 0.972. The maximum absolute atomic E-state index is 11.5. The molecule has 0 atom stereocenters. The molecular formula is C6H5F3OS. The van der Waals surface area contributed by atoms with Gasteiger partial charge in [-0.2, -0.15) is 0 Å². The number of hydrogen-bond acceptors (Lipinski definition) is 2. The number of alkyl halides is 3. The van der Waals surface area contributed by atoms with E-state index in [-0.39, 0.29) is 5.06 Å². The van der Waals surface area contributed by atoms with Gasteiger partial charge in [-0.05, 0) is 19.1 Å². The van der Waals surface area contributed by atoms with Crippen LogP contribution in [-0.2, 0) is 0 Å². The second kappa shape index (κ2) is 2.73. The molecular weight excluding hydrogens is 177 g/mol. The maximum atomic E-state index is 11.5.